The predicted molar refractivity (Wildman–Crippen MR) is 165 cm³/mol. The molecule has 2 unspecified atom stereocenters. The van der Waals surface area contributed by atoms with E-state index in [9.17, 15) is 18.0 Å². The molecule has 2 atom stereocenters. The summed E-state index contributed by atoms with van der Waals surface area (Å²) in [6, 6.07) is 22.3. The van der Waals surface area contributed by atoms with Crippen LogP contribution < -0.4 is 19.1 Å². The van der Waals surface area contributed by atoms with Gasteiger partial charge in [-0.25, -0.2) is 8.42 Å². The summed E-state index contributed by atoms with van der Waals surface area (Å²) < 4.78 is 38.2. The van der Waals surface area contributed by atoms with Crippen LogP contribution in [-0.2, 0) is 32.6 Å². The number of benzene rings is 3. The number of amides is 2. The number of rotatable bonds is 15. The number of hydrogen-bond donors (Lipinski definition) is 1. The Kier molecular flexibility index (Phi) is 11.8. The van der Waals surface area contributed by atoms with E-state index in [-0.39, 0.29) is 30.6 Å². The highest BCUT2D eigenvalue weighted by molar-refractivity contribution is 7.92. The lowest BCUT2D eigenvalue weighted by molar-refractivity contribution is -0.140. The smallest absolute Gasteiger partial charge is 0.244 e. The highest BCUT2D eigenvalue weighted by Gasteiger charge is 2.34. The summed E-state index contributed by atoms with van der Waals surface area (Å²) >= 11 is 0. The normalized spacial score (nSPS) is 12.6. The Balaban J connectivity index is 2.10. The minimum Gasteiger partial charge on any atom is -0.497 e. The first-order valence-electron chi connectivity index (χ1n) is 14.0. The van der Waals surface area contributed by atoms with Crippen molar-refractivity contribution in [2.24, 2.45) is 0 Å². The number of nitrogens with one attached hydrogen (secondary N) is 1. The zero-order valence-corrected chi connectivity index (χ0v) is 25.8. The van der Waals surface area contributed by atoms with Crippen LogP contribution in [0.5, 0.6) is 11.5 Å². The molecule has 226 valence electrons. The highest BCUT2D eigenvalue weighted by atomic mass is 32.2. The first-order chi connectivity index (χ1) is 20.1. The van der Waals surface area contributed by atoms with Crippen LogP contribution in [-0.4, -0.2) is 63.7 Å². The average molecular weight is 596 g/mol. The molecule has 0 fully saturated rings. The lowest BCUT2D eigenvalue weighted by Gasteiger charge is -2.34. The number of anilines is 1. The van der Waals surface area contributed by atoms with E-state index in [0.29, 0.717) is 24.5 Å². The molecule has 0 saturated heterocycles. The summed E-state index contributed by atoms with van der Waals surface area (Å²) in [6.45, 7) is 5.53. The van der Waals surface area contributed by atoms with Gasteiger partial charge in [-0.2, -0.15) is 0 Å². The summed E-state index contributed by atoms with van der Waals surface area (Å²) in [6.07, 6.45) is 2.00. The van der Waals surface area contributed by atoms with Crippen molar-refractivity contribution in [3.8, 4) is 11.5 Å². The number of carbonyl (C=O) groups excluding carboxylic acids is 2. The highest BCUT2D eigenvalue weighted by Crippen LogP contribution is 2.30. The van der Waals surface area contributed by atoms with Crippen molar-refractivity contribution in [3.05, 3.63) is 90.0 Å². The van der Waals surface area contributed by atoms with Crippen LogP contribution in [0.4, 0.5) is 5.69 Å². The topological polar surface area (TPSA) is 105 Å². The van der Waals surface area contributed by atoms with E-state index in [1.54, 1.807) is 50.4 Å². The molecule has 0 bridgehead atoms. The molecule has 0 saturated carbocycles. The van der Waals surface area contributed by atoms with Crippen molar-refractivity contribution < 1.29 is 27.5 Å². The fourth-order valence-corrected chi connectivity index (χ4v) is 5.35. The molecule has 42 heavy (non-hydrogen) atoms. The first kappa shape index (κ1) is 32.5. The van der Waals surface area contributed by atoms with Crippen molar-refractivity contribution in [2.75, 3.05) is 30.8 Å². The summed E-state index contributed by atoms with van der Waals surface area (Å²) in [7, 11) is -2.36. The lowest BCUT2D eigenvalue weighted by Crippen LogP contribution is -2.54. The maximum atomic E-state index is 14.3. The van der Waals surface area contributed by atoms with E-state index in [1.807, 2.05) is 56.3 Å². The van der Waals surface area contributed by atoms with Crippen molar-refractivity contribution in [3.63, 3.8) is 0 Å². The van der Waals surface area contributed by atoms with E-state index in [4.69, 9.17) is 9.47 Å². The molecule has 0 radical (unpaired) electrons. The Morgan fingerprint density at radius 3 is 2.24 bits per heavy atom. The minimum atomic E-state index is -3.91. The molecule has 3 rings (SSSR count). The van der Waals surface area contributed by atoms with Gasteiger partial charge in [-0.15, -0.1) is 0 Å². The van der Waals surface area contributed by atoms with E-state index in [2.05, 4.69) is 5.32 Å². The van der Waals surface area contributed by atoms with Gasteiger partial charge in [0.15, 0.2) is 0 Å². The Bertz CT molecular complexity index is 1430. The zero-order chi connectivity index (χ0) is 30.7. The molecule has 3 aromatic carbocycles. The SMILES string of the molecule is CCOc1ccccc1N(CC(=O)N(Cc1cccc(OC)c1)C(Cc1ccccc1)C(=O)NC(C)CC)S(C)(=O)=O. The van der Waals surface area contributed by atoms with Gasteiger partial charge in [0.1, 0.15) is 24.1 Å². The van der Waals surface area contributed by atoms with E-state index < -0.39 is 28.5 Å². The van der Waals surface area contributed by atoms with Gasteiger partial charge in [0, 0.05) is 19.0 Å². The van der Waals surface area contributed by atoms with E-state index in [1.165, 1.54) is 4.90 Å². The Labute approximate surface area is 249 Å². The van der Waals surface area contributed by atoms with Gasteiger partial charge in [0.25, 0.3) is 0 Å². The van der Waals surface area contributed by atoms with Gasteiger partial charge in [-0.3, -0.25) is 13.9 Å². The minimum absolute atomic E-state index is 0.0617. The number of sulfonamides is 1. The molecule has 9 nitrogen and oxygen atoms in total. The fraction of sp³-hybridized carbons (Fsp3) is 0.375. The predicted octanol–water partition coefficient (Wildman–Crippen LogP) is 4.41. The maximum Gasteiger partial charge on any atom is 0.244 e. The maximum absolute atomic E-state index is 14.3. The molecule has 0 aromatic heterocycles. The third-order valence-corrected chi connectivity index (χ3v) is 8.00. The average Bonchev–Trinajstić information content (AvgIpc) is 2.98. The van der Waals surface area contributed by atoms with Gasteiger partial charge in [-0.05, 0) is 55.7 Å². The van der Waals surface area contributed by atoms with Crippen LogP contribution in [0, 0.1) is 0 Å². The molecule has 3 aromatic rings. The van der Waals surface area contributed by atoms with Gasteiger partial charge in [0.2, 0.25) is 21.8 Å². The number of hydrogen-bond acceptors (Lipinski definition) is 6. The second-order valence-corrected chi connectivity index (χ2v) is 12.0. The Morgan fingerprint density at radius 1 is 0.929 bits per heavy atom. The molecule has 0 aliphatic heterocycles. The standard InChI is InChI=1S/C32H41N3O6S/c1-6-24(3)33-32(37)29(21-25-14-9-8-10-15-25)34(22-26-16-13-17-27(20-26)40-4)31(36)23-35(42(5,38)39)28-18-11-12-19-30(28)41-7-2/h8-20,24,29H,6-7,21-23H2,1-5H3,(H,33,37). The number of para-hydroxylation sites is 2. The fourth-order valence-electron chi connectivity index (χ4n) is 4.50. The molecule has 0 spiro atoms. The van der Waals surface area contributed by atoms with Crippen molar-refractivity contribution in [2.45, 2.75) is 52.2 Å². The van der Waals surface area contributed by atoms with Gasteiger partial charge in [-0.1, -0.05) is 61.5 Å². The van der Waals surface area contributed by atoms with E-state index >= 15 is 0 Å². The number of methoxy groups -OCH3 is 1. The third-order valence-electron chi connectivity index (χ3n) is 6.87. The first-order valence-corrected chi connectivity index (χ1v) is 15.9. The van der Waals surface area contributed by atoms with Gasteiger partial charge in [0.05, 0.1) is 25.7 Å². The molecule has 10 heteroatoms. The molecular weight excluding hydrogens is 554 g/mol. The molecule has 0 aliphatic carbocycles. The van der Waals surface area contributed by atoms with Crippen LogP contribution in [0.2, 0.25) is 0 Å². The zero-order valence-electron chi connectivity index (χ0n) is 24.9. The van der Waals surface area contributed by atoms with Crippen LogP contribution in [0.25, 0.3) is 0 Å². The second-order valence-electron chi connectivity index (χ2n) is 10.1. The Morgan fingerprint density at radius 2 is 1.60 bits per heavy atom. The molecular formula is C32H41N3O6S. The summed E-state index contributed by atoms with van der Waals surface area (Å²) in [5.74, 6) is 0.0970. The summed E-state index contributed by atoms with van der Waals surface area (Å²) in [5, 5.41) is 3.03. The number of nitrogens with zero attached hydrogens (tertiary/aromatic N) is 2. The molecule has 2 amide bonds. The largest absolute Gasteiger partial charge is 0.497 e. The van der Waals surface area contributed by atoms with Crippen LogP contribution in [0.15, 0.2) is 78.9 Å². The Hall–Kier alpha value is -4.05. The monoisotopic (exact) mass is 595 g/mol. The third kappa shape index (κ3) is 8.97. The molecule has 1 N–H and O–H groups in total. The quantitative estimate of drug-likeness (QED) is 0.279. The lowest BCUT2D eigenvalue weighted by atomic mass is 10.0. The van der Waals surface area contributed by atoms with Crippen molar-refractivity contribution in [1.29, 1.82) is 0 Å². The van der Waals surface area contributed by atoms with Crippen molar-refractivity contribution in [1.82, 2.24) is 10.2 Å². The molecule has 0 heterocycles. The van der Waals surface area contributed by atoms with Crippen LogP contribution in [0.3, 0.4) is 0 Å². The van der Waals surface area contributed by atoms with E-state index in [0.717, 1.165) is 21.7 Å². The summed E-state index contributed by atoms with van der Waals surface area (Å²) in [4.78, 5) is 29.5. The summed E-state index contributed by atoms with van der Waals surface area (Å²) in [5.41, 5.74) is 1.85. The molecule has 0 aliphatic rings. The van der Waals surface area contributed by atoms with Crippen LogP contribution >= 0.6 is 0 Å². The second kappa shape index (κ2) is 15.3. The number of carbonyl (C=O) groups is 2. The van der Waals surface area contributed by atoms with Crippen LogP contribution in [0.1, 0.15) is 38.3 Å². The number of ether oxygens (including phenoxy) is 2. The van der Waals surface area contributed by atoms with Crippen molar-refractivity contribution >= 4 is 27.5 Å². The van der Waals surface area contributed by atoms with Gasteiger partial charge < -0.3 is 19.7 Å². The van der Waals surface area contributed by atoms with Gasteiger partial charge >= 0.3 is 0 Å².